The quantitative estimate of drug-likeness (QED) is 0.455. The van der Waals surface area contributed by atoms with Crippen molar-refractivity contribution in [3.63, 3.8) is 0 Å². The van der Waals surface area contributed by atoms with Gasteiger partial charge in [0.1, 0.15) is 5.82 Å². The summed E-state index contributed by atoms with van der Waals surface area (Å²) in [4.78, 5) is 14.2. The van der Waals surface area contributed by atoms with Gasteiger partial charge in [0.25, 0.3) is 5.95 Å². The SMILES string of the molecule is CCOCCON(C)c1ncc(Cc2cc(OC)c(OC)c(OC)c2)c(N)n1. The highest BCUT2D eigenvalue weighted by molar-refractivity contribution is 5.55. The number of nitrogen functional groups attached to an aromatic ring is 1. The third-order valence-electron chi connectivity index (χ3n) is 4.00. The first-order chi connectivity index (χ1) is 13.5. The Bertz CT molecular complexity index is 747. The lowest BCUT2D eigenvalue weighted by molar-refractivity contribution is 0.0447. The monoisotopic (exact) mass is 392 g/mol. The van der Waals surface area contributed by atoms with E-state index in [0.717, 1.165) is 11.1 Å². The molecule has 1 aromatic heterocycles. The van der Waals surface area contributed by atoms with Crippen LogP contribution in [0.2, 0.25) is 0 Å². The Labute approximate surface area is 165 Å². The van der Waals surface area contributed by atoms with Crippen molar-refractivity contribution in [3.8, 4) is 17.2 Å². The second kappa shape index (κ2) is 10.5. The van der Waals surface area contributed by atoms with E-state index in [4.69, 9.17) is 29.5 Å². The molecule has 1 heterocycles. The molecule has 9 heteroatoms. The van der Waals surface area contributed by atoms with Crippen LogP contribution >= 0.6 is 0 Å². The first kappa shape index (κ1) is 21.5. The van der Waals surface area contributed by atoms with Gasteiger partial charge in [-0.2, -0.15) is 4.98 Å². The summed E-state index contributed by atoms with van der Waals surface area (Å²) in [5, 5.41) is 1.47. The van der Waals surface area contributed by atoms with Crippen LogP contribution < -0.4 is 25.0 Å². The zero-order chi connectivity index (χ0) is 20.5. The number of methoxy groups -OCH3 is 3. The molecule has 154 valence electrons. The second-order valence-corrected chi connectivity index (χ2v) is 5.82. The molecule has 0 aliphatic carbocycles. The summed E-state index contributed by atoms with van der Waals surface area (Å²) in [5.41, 5.74) is 7.84. The summed E-state index contributed by atoms with van der Waals surface area (Å²) in [6, 6.07) is 3.75. The summed E-state index contributed by atoms with van der Waals surface area (Å²) in [5.74, 6) is 2.45. The van der Waals surface area contributed by atoms with Crippen molar-refractivity contribution in [2.75, 3.05) is 59.0 Å². The first-order valence-electron chi connectivity index (χ1n) is 8.88. The van der Waals surface area contributed by atoms with E-state index in [0.29, 0.717) is 55.3 Å². The molecule has 0 radical (unpaired) electrons. The maximum Gasteiger partial charge on any atom is 0.251 e. The summed E-state index contributed by atoms with van der Waals surface area (Å²) >= 11 is 0. The van der Waals surface area contributed by atoms with Crippen molar-refractivity contribution >= 4 is 11.8 Å². The van der Waals surface area contributed by atoms with Crippen LogP contribution in [0.1, 0.15) is 18.1 Å². The number of nitrogens with zero attached hydrogens (tertiary/aromatic N) is 3. The molecule has 2 rings (SSSR count). The van der Waals surface area contributed by atoms with Gasteiger partial charge in [0.15, 0.2) is 11.5 Å². The van der Waals surface area contributed by atoms with E-state index in [9.17, 15) is 0 Å². The summed E-state index contributed by atoms with van der Waals surface area (Å²) in [7, 11) is 6.45. The van der Waals surface area contributed by atoms with Crippen LogP contribution in [-0.4, -0.2) is 58.2 Å². The smallest absolute Gasteiger partial charge is 0.251 e. The van der Waals surface area contributed by atoms with Gasteiger partial charge in [-0.25, -0.2) is 10.0 Å². The molecule has 0 aliphatic rings. The molecule has 9 nitrogen and oxygen atoms in total. The lowest BCUT2D eigenvalue weighted by Gasteiger charge is -2.18. The third-order valence-corrected chi connectivity index (χ3v) is 4.00. The number of aromatic nitrogens is 2. The highest BCUT2D eigenvalue weighted by Crippen LogP contribution is 2.38. The van der Waals surface area contributed by atoms with Gasteiger partial charge in [-0.15, -0.1) is 0 Å². The fourth-order valence-electron chi connectivity index (χ4n) is 2.59. The Morgan fingerprint density at radius 3 is 2.25 bits per heavy atom. The molecule has 0 saturated carbocycles. The minimum Gasteiger partial charge on any atom is -0.493 e. The van der Waals surface area contributed by atoms with E-state index in [2.05, 4.69) is 9.97 Å². The molecular weight excluding hydrogens is 364 g/mol. The lowest BCUT2D eigenvalue weighted by atomic mass is 10.1. The molecule has 0 atom stereocenters. The largest absolute Gasteiger partial charge is 0.493 e. The number of hydroxylamine groups is 1. The Balaban J connectivity index is 2.15. The van der Waals surface area contributed by atoms with Gasteiger partial charge >= 0.3 is 0 Å². The lowest BCUT2D eigenvalue weighted by Crippen LogP contribution is -2.23. The standard InChI is InChI=1S/C19H28N4O5/c1-6-27-7-8-28-23(2)19-21-12-14(18(20)22-19)9-13-10-15(24-3)17(26-5)16(11-13)25-4/h10-12H,6-9H2,1-5H3,(H2,20,21,22). The number of hydrogen-bond donors (Lipinski definition) is 1. The van der Waals surface area contributed by atoms with E-state index < -0.39 is 0 Å². The Hall–Kier alpha value is -2.78. The van der Waals surface area contributed by atoms with Gasteiger partial charge in [0.05, 0.1) is 34.5 Å². The zero-order valence-corrected chi connectivity index (χ0v) is 17.0. The molecule has 0 saturated heterocycles. The van der Waals surface area contributed by atoms with Gasteiger partial charge < -0.3 is 24.7 Å². The van der Waals surface area contributed by atoms with Gasteiger partial charge in [-0.05, 0) is 24.6 Å². The Morgan fingerprint density at radius 1 is 1.04 bits per heavy atom. The molecule has 28 heavy (non-hydrogen) atoms. The van der Waals surface area contributed by atoms with Crippen LogP contribution in [0.15, 0.2) is 18.3 Å². The van der Waals surface area contributed by atoms with Crippen LogP contribution in [0.25, 0.3) is 0 Å². The zero-order valence-electron chi connectivity index (χ0n) is 17.0. The van der Waals surface area contributed by atoms with E-state index >= 15 is 0 Å². The van der Waals surface area contributed by atoms with Crippen LogP contribution in [0.3, 0.4) is 0 Å². The van der Waals surface area contributed by atoms with Gasteiger partial charge in [-0.1, -0.05) is 0 Å². The summed E-state index contributed by atoms with van der Waals surface area (Å²) in [6.45, 7) is 3.47. The molecule has 1 aromatic carbocycles. The van der Waals surface area contributed by atoms with Crippen molar-refractivity contribution in [3.05, 3.63) is 29.5 Å². The molecule has 0 fully saturated rings. The molecule has 0 amide bonds. The highest BCUT2D eigenvalue weighted by Gasteiger charge is 2.15. The minimum absolute atomic E-state index is 0.374. The molecule has 2 aromatic rings. The normalized spacial score (nSPS) is 10.6. The Morgan fingerprint density at radius 2 is 1.71 bits per heavy atom. The van der Waals surface area contributed by atoms with Crippen LogP contribution in [-0.2, 0) is 16.0 Å². The van der Waals surface area contributed by atoms with E-state index in [-0.39, 0.29) is 0 Å². The highest BCUT2D eigenvalue weighted by atomic mass is 16.7. The van der Waals surface area contributed by atoms with Crippen molar-refractivity contribution in [1.29, 1.82) is 0 Å². The van der Waals surface area contributed by atoms with Crippen LogP contribution in [0, 0.1) is 0 Å². The summed E-state index contributed by atoms with van der Waals surface area (Å²) < 4.78 is 21.4. The van der Waals surface area contributed by atoms with E-state index in [1.165, 1.54) is 5.06 Å². The number of anilines is 2. The van der Waals surface area contributed by atoms with Crippen molar-refractivity contribution in [2.45, 2.75) is 13.3 Å². The second-order valence-electron chi connectivity index (χ2n) is 5.82. The maximum atomic E-state index is 6.14. The molecule has 0 aliphatic heterocycles. The Kier molecular flexibility index (Phi) is 8.09. The number of ether oxygens (including phenoxy) is 4. The predicted molar refractivity (Wildman–Crippen MR) is 106 cm³/mol. The van der Waals surface area contributed by atoms with Crippen molar-refractivity contribution in [2.24, 2.45) is 0 Å². The maximum absolute atomic E-state index is 6.14. The van der Waals surface area contributed by atoms with Crippen LogP contribution in [0.5, 0.6) is 17.2 Å². The molecule has 0 spiro atoms. The molecule has 0 unspecified atom stereocenters. The van der Waals surface area contributed by atoms with E-state index in [1.54, 1.807) is 34.6 Å². The molecule has 0 bridgehead atoms. The van der Waals surface area contributed by atoms with Crippen molar-refractivity contribution < 1.29 is 23.8 Å². The number of benzene rings is 1. The van der Waals surface area contributed by atoms with E-state index in [1.807, 2.05) is 19.1 Å². The predicted octanol–water partition coefficient (Wildman–Crippen LogP) is 2.08. The number of hydrogen-bond acceptors (Lipinski definition) is 9. The average molecular weight is 392 g/mol. The van der Waals surface area contributed by atoms with Crippen LogP contribution in [0.4, 0.5) is 11.8 Å². The van der Waals surface area contributed by atoms with Crippen molar-refractivity contribution in [1.82, 2.24) is 9.97 Å². The molecule has 2 N–H and O–H groups in total. The fraction of sp³-hybridized carbons (Fsp3) is 0.474. The van der Waals surface area contributed by atoms with Gasteiger partial charge in [-0.3, -0.25) is 4.84 Å². The fourth-order valence-corrected chi connectivity index (χ4v) is 2.59. The number of rotatable bonds is 11. The minimum atomic E-state index is 0.374. The summed E-state index contributed by atoms with van der Waals surface area (Å²) in [6.07, 6.45) is 2.20. The number of nitrogens with two attached hydrogens (primary N) is 1. The van der Waals surface area contributed by atoms with Gasteiger partial charge in [0, 0.05) is 31.8 Å². The average Bonchev–Trinajstić information content (AvgIpc) is 2.71. The third kappa shape index (κ3) is 5.37. The first-order valence-corrected chi connectivity index (χ1v) is 8.88. The van der Waals surface area contributed by atoms with Gasteiger partial charge in [0.2, 0.25) is 5.75 Å². The molecular formula is C19H28N4O5. The topological polar surface area (TPSA) is 101 Å².